The second-order valence-corrected chi connectivity index (χ2v) is 6.10. The van der Waals surface area contributed by atoms with Crippen LogP contribution in [-0.2, 0) is 17.0 Å². The number of aryl methyl sites for hydroxylation is 1. The molecule has 13 heteroatoms. The Bertz CT molecular complexity index is 827. The van der Waals surface area contributed by atoms with E-state index in [9.17, 15) is 34.9 Å². The van der Waals surface area contributed by atoms with Gasteiger partial charge in [0.2, 0.25) is 0 Å². The zero-order valence-corrected chi connectivity index (χ0v) is 13.5. The standard InChI is InChI=1S/C13H9F7N4OS/c1-5-2-6(12(15,16)17)3-7(14)9(5)24-11(23)10(8(22)4-21)26(25)13(18,19)20/h2-3H,22H2,1H3,(H2,23,24). The van der Waals surface area contributed by atoms with Gasteiger partial charge in [-0.05, 0) is 24.6 Å². The molecule has 1 rings (SSSR count). The van der Waals surface area contributed by atoms with Crippen molar-refractivity contribution < 1.29 is 34.9 Å². The van der Waals surface area contributed by atoms with Crippen LogP contribution in [0.1, 0.15) is 11.1 Å². The summed E-state index contributed by atoms with van der Waals surface area (Å²) in [6, 6.07) is 1.66. The predicted octanol–water partition coefficient (Wildman–Crippen LogP) is 3.10. The fourth-order valence-electron chi connectivity index (χ4n) is 1.71. The van der Waals surface area contributed by atoms with E-state index >= 15 is 0 Å². The van der Waals surface area contributed by atoms with Gasteiger partial charge in [-0.1, -0.05) is 0 Å². The molecule has 0 amide bonds. The van der Waals surface area contributed by atoms with Crippen LogP contribution in [0.2, 0.25) is 0 Å². The zero-order valence-electron chi connectivity index (χ0n) is 12.7. The van der Waals surface area contributed by atoms with Crippen molar-refractivity contribution in [1.82, 2.24) is 0 Å². The normalized spacial score (nSPS) is 15.3. The van der Waals surface area contributed by atoms with Crippen LogP contribution in [0.4, 0.5) is 36.4 Å². The molecule has 4 N–H and O–H groups in total. The van der Waals surface area contributed by atoms with Crippen molar-refractivity contribution in [1.29, 1.82) is 5.26 Å². The molecule has 0 spiro atoms. The van der Waals surface area contributed by atoms with Gasteiger partial charge in [0.1, 0.15) is 34.0 Å². The Balaban J connectivity index is 3.57. The minimum absolute atomic E-state index is 0.0663. The van der Waals surface area contributed by atoms with Crippen LogP contribution in [0, 0.1) is 24.1 Å². The van der Waals surface area contributed by atoms with Crippen molar-refractivity contribution in [2.45, 2.75) is 18.6 Å². The van der Waals surface area contributed by atoms with Crippen LogP contribution < -0.4 is 11.5 Å². The number of rotatable bonds is 3. The second-order valence-electron chi connectivity index (χ2n) is 4.69. The van der Waals surface area contributed by atoms with Crippen LogP contribution >= 0.6 is 0 Å². The van der Waals surface area contributed by atoms with E-state index < -0.39 is 61.6 Å². The van der Waals surface area contributed by atoms with Gasteiger partial charge in [0.15, 0.2) is 10.8 Å². The molecular formula is C13H9F7N4OS. The Labute approximate surface area is 144 Å². The summed E-state index contributed by atoms with van der Waals surface area (Å²) < 4.78 is 101. The van der Waals surface area contributed by atoms with Gasteiger partial charge < -0.3 is 11.5 Å². The van der Waals surface area contributed by atoms with Crippen molar-refractivity contribution in [3.8, 4) is 6.07 Å². The summed E-state index contributed by atoms with van der Waals surface area (Å²) in [6.07, 6.45) is -4.87. The monoisotopic (exact) mass is 402 g/mol. The van der Waals surface area contributed by atoms with Crippen molar-refractivity contribution in [3.63, 3.8) is 0 Å². The number of nitrogens with two attached hydrogens (primary N) is 2. The molecule has 0 aromatic heterocycles. The Morgan fingerprint density at radius 1 is 1.19 bits per heavy atom. The van der Waals surface area contributed by atoms with Gasteiger partial charge in [0.05, 0.1) is 5.56 Å². The topological polar surface area (TPSA) is 105 Å². The lowest BCUT2D eigenvalue weighted by molar-refractivity contribution is -0.137. The molecule has 0 radical (unpaired) electrons. The number of nitrogens with zero attached hydrogens (tertiary/aromatic N) is 2. The van der Waals surface area contributed by atoms with E-state index in [0.29, 0.717) is 6.07 Å². The van der Waals surface area contributed by atoms with Crippen LogP contribution in [0.15, 0.2) is 27.7 Å². The first-order chi connectivity index (χ1) is 11.7. The fourth-order valence-corrected chi connectivity index (χ4v) is 2.42. The highest BCUT2D eigenvalue weighted by Crippen LogP contribution is 2.35. The molecule has 142 valence electrons. The molecule has 0 bridgehead atoms. The summed E-state index contributed by atoms with van der Waals surface area (Å²) in [6.45, 7) is 1.00. The van der Waals surface area contributed by atoms with E-state index in [1.807, 2.05) is 0 Å². The molecular weight excluding hydrogens is 393 g/mol. The van der Waals surface area contributed by atoms with Gasteiger partial charge in [0, 0.05) is 0 Å². The molecule has 0 fully saturated rings. The highest BCUT2D eigenvalue weighted by Gasteiger charge is 2.42. The molecule has 0 saturated heterocycles. The third kappa shape index (κ3) is 4.72. The lowest BCUT2D eigenvalue weighted by atomic mass is 10.1. The Morgan fingerprint density at radius 3 is 2.12 bits per heavy atom. The fraction of sp³-hybridized carbons (Fsp3) is 0.231. The maximum Gasteiger partial charge on any atom is 0.476 e. The van der Waals surface area contributed by atoms with E-state index in [4.69, 9.17) is 16.7 Å². The van der Waals surface area contributed by atoms with Gasteiger partial charge in [0.25, 0.3) is 0 Å². The average molecular weight is 402 g/mol. The van der Waals surface area contributed by atoms with Crippen molar-refractivity contribution in [2.24, 2.45) is 16.5 Å². The van der Waals surface area contributed by atoms with E-state index in [0.717, 1.165) is 13.0 Å². The van der Waals surface area contributed by atoms with Crippen molar-refractivity contribution in [3.05, 3.63) is 39.7 Å². The Kier molecular flexibility index (Phi) is 6.03. The molecule has 0 aliphatic heterocycles. The summed E-state index contributed by atoms with van der Waals surface area (Å²) in [7, 11) is -3.87. The maximum atomic E-state index is 13.9. The third-order valence-corrected chi connectivity index (χ3v) is 4.03. The van der Waals surface area contributed by atoms with Gasteiger partial charge in [-0.2, -0.15) is 31.6 Å². The molecule has 1 atom stereocenters. The number of allylic oxidation sites excluding steroid dienone is 1. The summed E-state index contributed by atoms with van der Waals surface area (Å²) in [4.78, 5) is 1.84. The number of amidine groups is 1. The molecule has 0 aliphatic carbocycles. The SMILES string of the molecule is Cc1cc(C(F)(F)F)cc(F)c1N=C(N)C(=C(N)C#N)S(=O)C(F)(F)F. The van der Waals surface area contributed by atoms with Crippen molar-refractivity contribution >= 4 is 22.3 Å². The summed E-state index contributed by atoms with van der Waals surface area (Å²) in [5, 5.41) is 8.63. The van der Waals surface area contributed by atoms with Gasteiger partial charge in [-0.3, -0.25) is 0 Å². The average Bonchev–Trinajstić information content (AvgIpc) is 2.48. The highest BCUT2D eigenvalue weighted by atomic mass is 32.2. The number of nitriles is 1. The minimum Gasteiger partial charge on any atom is -0.389 e. The molecule has 5 nitrogen and oxygen atoms in total. The highest BCUT2D eigenvalue weighted by molar-refractivity contribution is 7.90. The van der Waals surface area contributed by atoms with Crippen LogP contribution in [0.25, 0.3) is 0 Å². The number of halogens is 7. The summed E-state index contributed by atoms with van der Waals surface area (Å²) >= 11 is 0. The lowest BCUT2D eigenvalue weighted by Gasteiger charge is -2.13. The number of benzene rings is 1. The summed E-state index contributed by atoms with van der Waals surface area (Å²) in [5.41, 5.74) is 1.19. The van der Waals surface area contributed by atoms with E-state index in [1.165, 1.54) is 0 Å². The molecule has 0 saturated carbocycles. The predicted molar refractivity (Wildman–Crippen MR) is 78.4 cm³/mol. The molecule has 0 heterocycles. The number of aliphatic imine (C=N–C) groups is 1. The smallest absolute Gasteiger partial charge is 0.389 e. The first-order valence-corrected chi connectivity index (χ1v) is 7.45. The van der Waals surface area contributed by atoms with Crippen LogP contribution in [-0.4, -0.2) is 15.6 Å². The molecule has 1 aromatic carbocycles. The quantitative estimate of drug-likeness (QED) is 0.351. The molecule has 1 aromatic rings. The third-order valence-electron chi connectivity index (χ3n) is 2.81. The largest absolute Gasteiger partial charge is 0.476 e. The van der Waals surface area contributed by atoms with Gasteiger partial charge >= 0.3 is 11.7 Å². The zero-order chi connectivity index (χ0) is 20.4. The first kappa shape index (κ1) is 21.4. The lowest BCUT2D eigenvalue weighted by Crippen LogP contribution is -2.29. The molecule has 0 aliphatic rings. The van der Waals surface area contributed by atoms with Crippen molar-refractivity contribution in [2.75, 3.05) is 0 Å². The second kappa shape index (κ2) is 7.32. The number of hydrogen-bond donors (Lipinski definition) is 2. The maximum absolute atomic E-state index is 13.9. The first-order valence-electron chi connectivity index (χ1n) is 6.30. The van der Waals surface area contributed by atoms with Gasteiger partial charge in [-0.25, -0.2) is 13.6 Å². The Morgan fingerprint density at radius 2 is 1.73 bits per heavy atom. The van der Waals surface area contributed by atoms with E-state index in [-0.39, 0.29) is 6.07 Å². The summed E-state index contributed by atoms with van der Waals surface area (Å²) in [5.74, 6) is -2.76. The molecule has 1 unspecified atom stereocenters. The van der Waals surface area contributed by atoms with E-state index in [1.54, 1.807) is 0 Å². The number of alkyl halides is 6. The van der Waals surface area contributed by atoms with Crippen LogP contribution in [0.3, 0.4) is 0 Å². The van der Waals surface area contributed by atoms with Gasteiger partial charge in [-0.15, -0.1) is 0 Å². The van der Waals surface area contributed by atoms with Crippen LogP contribution in [0.5, 0.6) is 0 Å². The number of hydrogen-bond acceptors (Lipinski definition) is 4. The molecule has 26 heavy (non-hydrogen) atoms. The minimum atomic E-state index is -5.36. The van der Waals surface area contributed by atoms with E-state index in [2.05, 4.69) is 4.99 Å². The Hall–Kier alpha value is -2.62.